The van der Waals surface area contributed by atoms with Crippen LogP contribution in [0.3, 0.4) is 0 Å². The summed E-state index contributed by atoms with van der Waals surface area (Å²) >= 11 is 3.45. The molecule has 0 aliphatic heterocycles. The predicted molar refractivity (Wildman–Crippen MR) is 84.7 cm³/mol. The number of rotatable bonds is 1. The van der Waals surface area contributed by atoms with Gasteiger partial charge in [0.25, 0.3) is 0 Å². The summed E-state index contributed by atoms with van der Waals surface area (Å²) in [6.45, 7) is 0. The van der Waals surface area contributed by atoms with E-state index in [4.69, 9.17) is 4.52 Å². The van der Waals surface area contributed by atoms with Crippen LogP contribution in [-0.4, -0.2) is 5.16 Å². The maximum absolute atomic E-state index is 5.48. The number of hydrogen-bond acceptors (Lipinski definition) is 2. The standard InChI is InChI=1S/C17H10BrNO/c18-13-8-5-12(6-9-13)17-16-14-4-2-1-3-11(14)7-10-15(16)20-19-17/h1-10H. The summed E-state index contributed by atoms with van der Waals surface area (Å²) < 4.78 is 6.53. The van der Waals surface area contributed by atoms with Crippen LogP contribution in [-0.2, 0) is 0 Å². The second kappa shape index (κ2) is 4.46. The van der Waals surface area contributed by atoms with Gasteiger partial charge in [-0.25, -0.2) is 0 Å². The molecule has 0 bridgehead atoms. The molecule has 0 radical (unpaired) electrons. The molecule has 0 saturated heterocycles. The van der Waals surface area contributed by atoms with Crippen LogP contribution < -0.4 is 0 Å². The Labute approximate surface area is 124 Å². The van der Waals surface area contributed by atoms with E-state index in [0.29, 0.717) is 0 Å². The quantitative estimate of drug-likeness (QED) is 0.468. The van der Waals surface area contributed by atoms with Gasteiger partial charge in [-0.3, -0.25) is 0 Å². The van der Waals surface area contributed by atoms with Crippen LogP contribution in [0.1, 0.15) is 0 Å². The van der Waals surface area contributed by atoms with Crippen LogP contribution in [0.2, 0.25) is 0 Å². The van der Waals surface area contributed by atoms with E-state index >= 15 is 0 Å². The highest BCUT2D eigenvalue weighted by Crippen LogP contribution is 2.34. The number of benzene rings is 3. The number of halogens is 1. The average molecular weight is 324 g/mol. The molecule has 0 amide bonds. The van der Waals surface area contributed by atoms with Gasteiger partial charge in [-0.2, -0.15) is 0 Å². The minimum Gasteiger partial charge on any atom is -0.356 e. The fourth-order valence-electron chi connectivity index (χ4n) is 2.52. The second-order valence-electron chi connectivity index (χ2n) is 4.70. The van der Waals surface area contributed by atoms with Crippen molar-refractivity contribution in [2.75, 3.05) is 0 Å². The molecule has 4 rings (SSSR count). The van der Waals surface area contributed by atoms with E-state index in [1.807, 2.05) is 42.5 Å². The van der Waals surface area contributed by atoms with Gasteiger partial charge in [0.15, 0.2) is 5.58 Å². The molecule has 0 spiro atoms. The average Bonchev–Trinajstić information content (AvgIpc) is 2.92. The molecule has 96 valence electrons. The molecule has 1 aromatic heterocycles. The van der Waals surface area contributed by atoms with Gasteiger partial charge in [0.1, 0.15) is 5.69 Å². The van der Waals surface area contributed by atoms with E-state index in [0.717, 1.165) is 26.7 Å². The van der Waals surface area contributed by atoms with Crippen LogP contribution in [0.5, 0.6) is 0 Å². The summed E-state index contributed by atoms with van der Waals surface area (Å²) in [6, 6.07) is 20.5. The minimum atomic E-state index is 0.821. The van der Waals surface area contributed by atoms with E-state index in [1.165, 1.54) is 10.8 Å². The van der Waals surface area contributed by atoms with Gasteiger partial charge in [-0.1, -0.05) is 63.6 Å². The molecular weight excluding hydrogens is 314 g/mol. The molecule has 0 fully saturated rings. The maximum Gasteiger partial charge on any atom is 0.168 e. The lowest BCUT2D eigenvalue weighted by Crippen LogP contribution is -1.80. The number of nitrogens with zero attached hydrogens (tertiary/aromatic N) is 1. The zero-order valence-corrected chi connectivity index (χ0v) is 12.1. The van der Waals surface area contributed by atoms with Crippen molar-refractivity contribution in [3.05, 3.63) is 65.1 Å². The Morgan fingerprint density at radius 2 is 1.65 bits per heavy atom. The molecule has 3 aromatic carbocycles. The molecule has 1 heterocycles. The molecule has 0 unspecified atom stereocenters. The Hall–Kier alpha value is -2.13. The van der Waals surface area contributed by atoms with E-state index in [1.54, 1.807) is 0 Å². The summed E-state index contributed by atoms with van der Waals surface area (Å²) in [4.78, 5) is 0. The first-order valence-corrected chi connectivity index (χ1v) is 7.15. The summed E-state index contributed by atoms with van der Waals surface area (Å²) in [6.07, 6.45) is 0. The smallest absolute Gasteiger partial charge is 0.168 e. The van der Waals surface area contributed by atoms with Crippen molar-refractivity contribution in [1.82, 2.24) is 5.16 Å². The second-order valence-corrected chi connectivity index (χ2v) is 5.61. The lowest BCUT2D eigenvalue weighted by molar-refractivity contribution is 0.459. The van der Waals surface area contributed by atoms with Gasteiger partial charge in [-0.15, -0.1) is 0 Å². The van der Waals surface area contributed by atoms with Crippen LogP contribution in [0.15, 0.2) is 69.7 Å². The predicted octanol–water partition coefficient (Wildman–Crippen LogP) is 5.41. The Morgan fingerprint density at radius 1 is 0.850 bits per heavy atom. The maximum atomic E-state index is 5.48. The highest BCUT2D eigenvalue weighted by molar-refractivity contribution is 9.10. The third kappa shape index (κ3) is 1.74. The Balaban J connectivity index is 2.09. The van der Waals surface area contributed by atoms with Crippen LogP contribution >= 0.6 is 15.9 Å². The van der Waals surface area contributed by atoms with E-state index < -0.39 is 0 Å². The van der Waals surface area contributed by atoms with Gasteiger partial charge >= 0.3 is 0 Å². The molecule has 3 heteroatoms. The summed E-state index contributed by atoms with van der Waals surface area (Å²) in [7, 11) is 0. The molecular formula is C17H10BrNO. The van der Waals surface area contributed by atoms with Gasteiger partial charge in [0.05, 0.1) is 5.39 Å². The van der Waals surface area contributed by atoms with Crippen molar-refractivity contribution in [3.8, 4) is 11.3 Å². The first-order chi connectivity index (χ1) is 9.83. The summed E-state index contributed by atoms with van der Waals surface area (Å²) in [5, 5.41) is 7.70. The number of hydrogen-bond donors (Lipinski definition) is 0. The monoisotopic (exact) mass is 323 g/mol. The zero-order valence-electron chi connectivity index (χ0n) is 10.5. The van der Waals surface area contributed by atoms with Gasteiger partial charge in [0.2, 0.25) is 0 Å². The van der Waals surface area contributed by atoms with E-state index in [2.05, 4.69) is 39.3 Å². The third-order valence-corrected chi connectivity index (χ3v) is 4.01. The van der Waals surface area contributed by atoms with Gasteiger partial charge < -0.3 is 4.52 Å². The third-order valence-electron chi connectivity index (χ3n) is 3.48. The molecule has 0 N–H and O–H groups in total. The zero-order chi connectivity index (χ0) is 13.5. The van der Waals surface area contributed by atoms with Crippen molar-refractivity contribution < 1.29 is 4.52 Å². The fourth-order valence-corrected chi connectivity index (χ4v) is 2.78. The van der Waals surface area contributed by atoms with E-state index in [-0.39, 0.29) is 0 Å². The highest BCUT2D eigenvalue weighted by atomic mass is 79.9. The summed E-state index contributed by atoms with van der Waals surface area (Å²) in [5.41, 5.74) is 2.77. The van der Waals surface area contributed by atoms with Crippen molar-refractivity contribution >= 4 is 37.7 Å². The fraction of sp³-hybridized carbons (Fsp3) is 0. The van der Waals surface area contributed by atoms with Gasteiger partial charge in [-0.05, 0) is 29.0 Å². The molecule has 0 aliphatic carbocycles. The Morgan fingerprint density at radius 3 is 2.50 bits per heavy atom. The van der Waals surface area contributed by atoms with Crippen molar-refractivity contribution in [2.24, 2.45) is 0 Å². The van der Waals surface area contributed by atoms with Crippen LogP contribution in [0.4, 0.5) is 0 Å². The molecule has 0 saturated carbocycles. The first-order valence-electron chi connectivity index (χ1n) is 6.36. The summed E-state index contributed by atoms with van der Waals surface area (Å²) in [5.74, 6) is 0. The van der Waals surface area contributed by atoms with Crippen LogP contribution in [0.25, 0.3) is 33.0 Å². The Bertz CT molecular complexity index is 909. The first kappa shape index (κ1) is 11.7. The van der Waals surface area contributed by atoms with Crippen LogP contribution in [0, 0.1) is 0 Å². The molecule has 0 aliphatic rings. The molecule has 4 aromatic rings. The normalized spacial score (nSPS) is 11.2. The largest absolute Gasteiger partial charge is 0.356 e. The van der Waals surface area contributed by atoms with Crippen molar-refractivity contribution in [2.45, 2.75) is 0 Å². The topological polar surface area (TPSA) is 26.0 Å². The molecule has 20 heavy (non-hydrogen) atoms. The number of fused-ring (bicyclic) bond motifs is 3. The minimum absolute atomic E-state index is 0.821. The molecule has 0 atom stereocenters. The lowest BCUT2D eigenvalue weighted by Gasteiger charge is -2.01. The SMILES string of the molecule is Brc1ccc(-c2noc3ccc4ccccc4c23)cc1. The lowest BCUT2D eigenvalue weighted by atomic mass is 10.0. The number of aromatic nitrogens is 1. The van der Waals surface area contributed by atoms with E-state index in [9.17, 15) is 0 Å². The van der Waals surface area contributed by atoms with Gasteiger partial charge in [0, 0.05) is 10.0 Å². The van der Waals surface area contributed by atoms with Crippen molar-refractivity contribution in [3.63, 3.8) is 0 Å². The van der Waals surface area contributed by atoms with Crippen molar-refractivity contribution in [1.29, 1.82) is 0 Å². The highest BCUT2D eigenvalue weighted by Gasteiger charge is 2.13. The Kier molecular flexibility index (Phi) is 2.60. The molecule has 2 nitrogen and oxygen atoms in total.